The number of aliphatic hydroxyl groups is 1. The second-order valence-corrected chi connectivity index (χ2v) is 5.69. The van der Waals surface area contributed by atoms with Gasteiger partial charge in [-0.1, -0.05) is 15.9 Å². The number of aliphatic hydroxyl groups excluding tert-OH is 1. The van der Waals surface area contributed by atoms with Gasteiger partial charge in [0.1, 0.15) is 5.58 Å². The normalized spacial score (nSPS) is 13.1. The summed E-state index contributed by atoms with van der Waals surface area (Å²) < 4.78 is 6.07. The zero-order valence-corrected chi connectivity index (χ0v) is 12.5. The Hall–Kier alpha value is -1.17. The summed E-state index contributed by atoms with van der Waals surface area (Å²) in [5, 5.41) is 10.3. The maximum absolute atomic E-state index is 11.6. The Bertz CT molecular complexity index is 636. The highest BCUT2D eigenvalue weighted by atomic mass is 79.9. The number of rotatable bonds is 4. The highest BCUT2D eigenvalue weighted by molar-refractivity contribution is 9.10. The van der Waals surface area contributed by atoms with E-state index in [0.29, 0.717) is 18.7 Å². The third-order valence-corrected chi connectivity index (χ3v) is 3.30. The van der Waals surface area contributed by atoms with E-state index in [2.05, 4.69) is 15.9 Å². The maximum atomic E-state index is 11.6. The fourth-order valence-corrected chi connectivity index (χ4v) is 2.48. The fraction of sp³-hybridized carbons (Fsp3) is 0.357. The van der Waals surface area contributed by atoms with Gasteiger partial charge in [-0.25, -0.2) is 4.79 Å². The van der Waals surface area contributed by atoms with Crippen LogP contribution in [0.15, 0.2) is 37.9 Å². The third-order valence-electron chi connectivity index (χ3n) is 2.81. The molecule has 0 fully saturated rings. The van der Waals surface area contributed by atoms with E-state index in [-0.39, 0.29) is 5.63 Å². The first-order valence-corrected chi connectivity index (χ1v) is 6.84. The molecule has 1 aromatic heterocycles. The molecule has 2 aromatic rings. The molecule has 0 radical (unpaired) electrons. The summed E-state index contributed by atoms with van der Waals surface area (Å²) >= 11 is 3.36. The van der Waals surface area contributed by atoms with Crippen molar-refractivity contribution < 1.29 is 9.52 Å². The minimum atomic E-state index is -0.398. The lowest BCUT2D eigenvalue weighted by Crippen LogP contribution is -2.27. The fourth-order valence-electron chi connectivity index (χ4n) is 2.14. The minimum Gasteiger partial charge on any atom is -0.423 e. The molecule has 0 saturated heterocycles. The van der Waals surface area contributed by atoms with Crippen LogP contribution in [-0.4, -0.2) is 29.7 Å². The number of likely N-dealkylation sites (N-methyl/N-ethyl adjacent to an activating group) is 1. The lowest BCUT2D eigenvalue weighted by molar-refractivity contribution is 0.138. The zero-order chi connectivity index (χ0) is 14.0. The second kappa shape index (κ2) is 5.86. The molecule has 0 bridgehead atoms. The van der Waals surface area contributed by atoms with E-state index in [0.717, 1.165) is 15.4 Å². The Morgan fingerprint density at radius 2 is 2.16 bits per heavy atom. The summed E-state index contributed by atoms with van der Waals surface area (Å²) in [6.45, 7) is 2.89. The van der Waals surface area contributed by atoms with Crippen molar-refractivity contribution in [2.75, 3.05) is 13.6 Å². The van der Waals surface area contributed by atoms with E-state index in [1.807, 2.05) is 24.1 Å². The van der Waals surface area contributed by atoms with Crippen molar-refractivity contribution >= 4 is 26.9 Å². The first-order chi connectivity index (χ1) is 8.95. The SMILES string of the molecule is CC(O)CN(C)Cc1cc(=O)oc2cc(Br)ccc12. The summed E-state index contributed by atoms with van der Waals surface area (Å²) in [6.07, 6.45) is -0.398. The summed E-state index contributed by atoms with van der Waals surface area (Å²) in [5.41, 5.74) is 1.12. The number of nitrogens with zero attached hydrogens (tertiary/aromatic N) is 1. The van der Waals surface area contributed by atoms with E-state index < -0.39 is 6.10 Å². The summed E-state index contributed by atoms with van der Waals surface area (Å²) in [4.78, 5) is 13.5. The molecule has 1 aromatic carbocycles. The number of hydrogen-bond acceptors (Lipinski definition) is 4. The van der Waals surface area contributed by atoms with Gasteiger partial charge in [-0.2, -0.15) is 0 Å². The molecule has 0 aliphatic rings. The van der Waals surface area contributed by atoms with Crippen LogP contribution in [0.25, 0.3) is 11.0 Å². The van der Waals surface area contributed by atoms with Crippen LogP contribution in [0.2, 0.25) is 0 Å². The molecule has 1 N–H and O–H groups in total. The lowest BCUT2D eigenvalue weighted by atomic mass is 10.1. The molecule has 4 nitrogen and oxygen atoms in total. The van der Waals surface area contributed by atoms with E-state index in [1.165, 1.54) is 6.07 Å². The predicted molar refractivity (Wildman–Crippen MR) is 78.2 cm³/mol. The average molecular weight is 326 g/mol. The zero-order valence-electron chi connectivity index (χ0n) is 10.9. The van der Waals surface area contributed by atoms with Crippen LogP contribution in [0.1, 0.15) is 12.5 Å². The van der Waals surface area contributed by atoms with Crippen molar-refractivity contribution in [3.8, 4) is 0 Å². The molecule has 1 unspecified atom stereocenters. The molecule has 0 saturated carbocycles. The number of hydrogen-bond donors (Lipinski definition) is 1. The van der Waals surface area contributed by atoms with Crippen molar-refractivity contribution in [2.45, 2.75) is 19.6 Å². The van der Waals surface area contributed by atoms with Crippen LogP contribution < -0.4 is 5.63 Å². The van der Waals surface area contributed by atoms with Crippen molar-refractivity contribution in [2.24, 2.45) is 0 Å². The molecular formula is C14H16BrNO3. The predicted octanol–water partition coefficient (Wildman–Crippen LogP) is 2.37. The first-order valence-electron chi connectivity index (χ1n) is 6.04. The molecule has 0 amide bonds. The van der Waals surface area contributed by atoms with E-state index in [9.17, 15) is 9.90 Å². The van der Waals surface area contributed by atoms with Crippen LogP contribution in [0.4, 0.5) is 0 Å². The van der Waals surface area contributed by atoms with Gasteiger partial charge in [0.15, 0.2) is 0 Å². The van der Waals surface area contributed by atoms with E-state index in [1.54, 1.807) is 13.0 Å². The smallest absolute Gasteiger partial charge is 0.336 e. The van der Waals surface area contributed by atoms with Crippen LogP contribution in [0, 0.1) is 0 Å². The standard InChI is InChI=1S/C14H16BrNO3/c1-9(17)7-16(2)8-10-5-14(18)19-13-6-11(15)3-4-12(10)13/h3-6,9,17H,7-8H2,1-2H3. The molecule has 0 aliphatic carbocycles. The molecule has 19 heavy (non-hydrogen) atoms. The van der Waals surface area contributed by atoms with Gasteiger partial charge in [0.25, 0.3) is 0 Å². The van der Waals surface area contributed by atoms with Gasteiger partial charge in [-0.3, -0.25) is 4.90 Å². The Balaban J connectivity index is 2.39. The van der Waals surface area contributed by atoms with Crippen molar-refractivity contribution in [3.05, 3.63) is 44.7 Å². The van der Waals surface area contributed by atoms with Crippen LogP contribution in [-0.2, 0) is 6.54 Å². The molecular weight excluding hydrogens is 310 g/mol. The molecule has 5 heteroatoms. The quantitative estimate of drug-likeness (QED) is 0.877. The number of benzene rings is 1. The Labute approximate surface area is 119 Å². The van der Waals surface area contributed by atoms with Gasteiger partial charge < -0.3 is 9.52 Å². The minimum absolute atomic E-state index is 0.356. The van der Waals surface area contributed by atoms with Gasteiger partial charge in [-0.05, 0) is 37.7 Å². The summed E-state index contributed by atoms with van der Waals surface area (Å²) in [7, 11) is 1.91. The van der Waals surface area contributed by atoms with Gasteiger partial charge in [-0.15, -0.1) is 0 Å². The van der Waals surface area contributed by atoms with E-state index in [4.69, 9.17) is 4.42 Å². The van der Waals surface area contributed by atoms with Crippen molar-refractivity contribution in [1.29, 1.82) is 0 Å². The molecule has 0 spiro atoms. The van der Waals surface area contributed by atoms with Gasteiger partial charge in [0.05, 0.1) is 6.10 Å². The van der Waals surface area contributed by atoms with Crippen molar-refractivity contribution in [3.63, 3.8) is 0 Å². The summed E-state index contributed by atoms with van der Waals surface area (Å²) in [6, 6.07) is 7.14. The molecule has 102 valence electrons. The maximum Gasteiger partial charge on any atom is 0.336 e. The van der Waals surface area contributed by atoms with Gasteiger partial charge in [0.2, 0.25) is 0 Å². The Kier molecular flexibility index (Phi) is 4.39. The summed E-state index contributed by atoms with van der Waals surface area (Å²) in [5.74, 6) is 0. The first kappa shape index (κ1) is 14.2. The highest BCUT2D eigenvalue weighted by Crippen LogP contribution is 2.22. The van der Waals surface area contributed by atoms with Crippen LogP contribution >= 0.6 is 15.9 Å². The molecule has 2 rings (SSSR count). The van der Waals surface area contributed by atoms with Gasteiger partial charge >= 0.3 is 5.63 Å². The van der Waals surface area contributed by atoms with Crippen LogP contribution in [0.3, 0.4) is 0 Å². The largest absolute Gasteiger partial charge is 0.423 e. The Morgan fingerprint density at radius 1 is 1.42 bits per heavy atom. The van der Waals surface area contributed by atoms with Crippen molar-refractivity contribution in [1.82, 2.24) is 4.90 Å². The van der Waals surface area contributed by atoms with E-state index >= 15 is 0 Å². The lowest BCUT2D eigenvalue weighted by Gasteiger charge is -2.18. The average Bonchev–Trinajstić information content (AvgIpc) is 2.26. The number of halogens is 1. The molecule has 1 atom stereocenters. The van der Waals surface area contributed by atoms with Gasteiger partial charge in [0, 0.05) is 29.0 Å². The number of fused-ring (bicyclic) bond motifs is 1. The second-order valence-electron chi connectivity index (χ2n) is 4.78. The highest BCUT2D eigenvalue weighted by Gasteiger charge is 2.10. The van der Waals surface area contributed by atoms with Crippen LogP contribution in [0.5, 0.6) is 0 Å². The topological polar surface area (TPSA) is 53.7 Å². The monoisotopic (exact) mass is 325 g/mol. The molecule has 0 aliphatic heterocycles. The Morgan fingerprint density at radius 3 is 2.84 bits per heavy atom. The third kappa shape index (κ3) is 3.65. The molecule has 1 heterocycles.